The quantitative estimate of drug-likeness (QED) is 0.916. The number of nitrogens with one attached hydrogen (secondary N) is 1. The zero-order valence-electron chi connectivity index (χ0n) is 10.1. The van der Waals surface area contributed by atoms with Crippen LogP contribution >= 0.6 is 23.7 Å². The first-order chi connectivity index (χ1) is 7.79. The van der Waals surface area contributed by atoms with E-state index < -0.39 is 0 Å². The van der Waals surface area contributed by atoms with Crippen LogP contribution in [0.3, 0.4) is 0 Å². The van der Waals surface area contributed by atoms with Gasteiger partial charge in [0.15, 0.2) is 0 Å². The van der Waals surface area contributed by atoms with Crippen LogP contribution in [0.2, 0.25) is 0 Å². The van der Waals surface area contributed by atoms with Gasteiger partial charge in [-0.2, -0.15) is 0 Å². The molecule has 1 aromatic heterocycles. The Bertz CT molecular complexity index is 451. The first-order valence-corrected chi connectivity index (χ1v) is 6.39. The first-order valence-electron chi connectivity index (χ1n) is 5.51. The van der Waals surface area contributed by atoms with Crippen LogP contribution in [0, 0.1) is 6.92 Å². The molecule has 1 aromatic carbocycles. The summed E-state index contributed by atoms with van der Waals surface area (Å²) < 4.78 is 0. The average Bonchev–Trinajstić information content (AvgIpc) is 2.76. The Morgan fingerprint density at radius 1 is 1.24 bits per heavy atom. The topological polar surface area (TPSA) is 24.9 Å². The molecule has 2 nitrogen and oxygen atoms in total. The summed E-state index contributed by atoms with van der Waals surface area (Å²) in [6.45, 7) is 6.06. The normalized spacial score (nSPS) is 10.0. The van der Waals surface area contributed by atoms with Gasteiger partial charge in [0.2, 0.25) is 0 Å². The Kier molecular flexibility index (Phi) is 5.62. The summed E-state index contributed by atoms with van der Waals surface area (Å²) >= 11 is 1.71. The Morgan fingerprint density at radius 3 is 2.59 bits per heavy atom. The van der Waals surface area contributed by atoms with Gasteiger partial charge in [-0.15, -0.1) is 23.7 Å². The highest BCUT2D eigenvalue weighted by molar-refractivity contribution is 7.09. The van der Waals surface area contributed by atoms with Crippen LogP contribution in [0.15, 0.2) is 29.6 Å². The summed E-state index contributed by atoms with van der Waals surface area (Å²) in [6, 6.07) is 8.50. The van der Waals surface area contributed by atoms with E-state index in [9.17, 15) is 0 Å². The summed E-state index contributed by atoms with van der Waals surface area (Å²) in [5, 5.41) is 6.56. The van der Waals surface area contributed by atoms with Gasteiger partial charge in [-0.05, 0) is 13.5 Å². The number of benzene rings is 1. The summed E-state index contributed by atoms with van der Waals surface area (Å²) in [7, 11) is 0. The highest BCUT2D eigenvalue weighted by atomic mass is 35.5. The monoisotopic (exact) mass is 268 g/mol. The van der Waals surface area contributed by atoms with Gasteiger partial charge in [0.25, 0.3) is 0 Å². The third-order valence-electron chi connectivity index (χ3n) is 2.43. The van der Waals surface area contributed by atoms with E-state index in [0.717, 1.165) is 23.8 Å². The molecule has 2 rings (SSSR count). The third-order valence-corrected chi connectivity index (χ3v) is 3.27. The fraction of sp³-hybridized carbons (Fsp3) is 0.308. The Morgan fingerprint density at radius 2 is 1.94 bits per heavy atom. The number of aromatic nitrogens is 1. The summed E-state index contributed by atoms with van der Waals surface area (Å²) in [5.74, 6) is 0. The largest absolute Gasteiger partial charge is 0.311 e. The molecule has 0 unspecified atom stereocenters. The van der Waals surface area contributed by atoms with Crippen LogP contribution in [0.25, 0.3) is 11.3 Å². The van der Waals surface area contributed by atoms with E-state index in [1.807, 2.05) is 0 Å². The van der Waals surface area contributed by atoms with Crippen molar-refractivity contribution in [1.82, 2.24) is 10.3 Å². The molecule has 92 valence electrons. The molecule has 1 heterocycles. The number of halogens is 1. The molecule has 0 aliphatic heterocycles. The zero-order chi connectivity index (χ0) is 11.4. The molecule has 1 N–H and O–H groups in total. The maximum atomic E-state index is 4.60. The van der Waals surface area contributed by atoms with Crippen molar-refractivity contribution in [1.29, 1.82) is 0 Å². The molecular formula is C13H17ClN2S. The predicted molar refractivity (Wildman–Crippen MR) is 76.9 cm³/mol. The fourth-order valence-electron chi connectivity index (χ4n) is 1.48. The van der Waals surface area contributed by atoms with Crippen LogP contribution in [0.5, 0.6) is 0 Å². The molecule has 0 saturated carbocycles. The van der Waals surface area contributed by atoms with Crippen molar-refractivity contribution in [2.75, 3.05) is 6.54 Å². The number of thiazole rings is 1. The van der Waals surface area contributed by atoms with Crippen molar-refractivity contribution in [3.63, 3.8) is 0 Å². The smallest absolute Gasteiger partial charge is 0.107 e. The molecule has 4 heteroatoms. The molecular weight excluding hydrogens is 252 g/mol. The number of rotatable bonds is 4. The van der Waals surface area contributed by atoms with Crippen molar-refractivity contribution in [2.45, 2.75) is 20.4 Å². The maximum absolute atomic E-state index is 4.60. The van der Waals surface area contributed by atoms with Crippen molar-refractivity contribution in [2.24, 2.45) is 0 Å². The highest BCUT2D eigenvalue weighted by Gasteiger charge is 2.03. The lowest BCUT2D eigenvalue weighted by molar-refractivity contribution is 0.723. The van der Waals surface area contributed by atoms with E-state index in [1.165, 1.54) is 11.1 Å². The second-order valence-electron chi connectivity index (χ2n) is 3.77. The molecule has 0 aliphatic carbocycles. The SMILES string of the molecule is CCNCc1nc(-c2ccc(C)cc2)cs1.Cl. The number of hydrogen-bond donors (Lipinski definition) is 1. The van der Waals surface area contributed by atoms with Gasteiger partial charge in [0.1, 0.15) is 5.01 Å². The molecule has 0 spiro atoms. The lowest BCUT2D eigenvalue weighted by Gasteiger charge is -1.98. The molecule has 0 atom stereocenters. The summed E-state index contributed by atoms with van der Waals surface area (Å²) in [5.41, 5.74) is 3.56. The van der Waals surface area contributed by atoms with Crippen molar-refractivity contribution in [3.8, 4) is 11.3 Å². The number of nitrogens with zero attached hydrogens (tertiary/aromatic N) is 1. The van der Waals surface area contributed by atoms with Gasteiger partial charge >= 0.3 is 0 Å². The maximum Gasteiger partial charge on any atom is 0.107 e. The molecule has 0 aliphatic rings. The summed E-state index contributed by atoms with van der Waals surface area (Å²) in [6.07, 6.45) is 0. The molecule has 0 radical (unpaired) electrons. The van der Waals surface area contributed by atoms with E-state index >= 15 is 0 Å². The van der Waals surface area contributed by atoms with Crippen LogP contribution in [-0.2, 0) is 6.54 Å². The number of hydrogen-bond acceptors (Lipinski definition) is 3. The molecule has 0 saturated heterocycles. The lowest BCUT2D eigenvalue weighted by Crippen LogP contribution is -2.11. The van der Waals surface area contributed by atoms with Crippen molar-refractivity contribution >= 4 is 23.7 Å². The van der Waals surface area contributed by atoms with E-state index in [1.54, 1.807) is 11.3 Å². The standard InChI is InChI=1S/C13H16N2S.ClH/c1-3-14-8-13-15-12(9-16-13)11-6-4-10(2)5-7-11;/h4-7,9,14H,3,8H2,1-2H3;1H. The molecule has 0 amide bonds. The van der Waals surface area contributed by atoms with Gasteiger partial charge in [-0.25, -0.2) is 4.98 Å². The average molecular weight is 269 g/mol. The lowest BCUT2D eigenvalue weighted by atomic mass is 10.1. The van der Waals surface area contributed by atoms with E-state index in [4.69, 9.17) is 0 Å². The fourth-order valence-corrected chi connectivity index (χ4v) is 2.25. The van der Waals surface area contributed by atoms with E-state index in [0.29, 0.717) is 0 Å². The van der Waals surface area contributed by atoms with E-state index in [2.05, 4.69) is 53.8 Å². The van der Waals surface area contributed by atoms with E-state index in [-0.39, 0.29) is 12.4 Å². The van der Waals surface area contributed by atoms with Gasteiger partial charge in [0, 0.05) is 17.5 Å². The van der Waals surface area contributed by atoms with Gasteiger partial charge < -0.3 is 5.32 Å². The van der Waals surface area contributed by atoms with Gasteiger partial charge in [-0.1, -0.05) is 36.8 Å². The minimum absolute atomic E-state index is 0. The van der Waals surface area contributed by atoms with Crippen molar-refractivity contribution in [3.05, 3.63) is 40.2 Å². The minimum atomic E-state index is 0. The van der Waals surface area contributed by atoms with Crippen LogP contribution in [0.4, 0.5) is 0 Å². The minimum Gasteiger partial charge on any atom is -0.311 e. The second-order valence-corrected chi connectivity index (χ2v) is 4.72. The second kappa shape index (κ2) is 6.74. The zero-order valence-corrected chi connectivity index (χ0v) is 11.7. The third kappa shape index (κ3) is 3.80. The van der Waals surface area contributed by atoms with Gasteiger partial charge in [0.05, 0.1) is 5.69 Å². The van der Waals surface area contributed by atoms with Crippen LogP contribution in [-0.4, -0.2) is 11.5 Å². The first kappa shape index (κ1) is 14.2. The van der Waals surface area contributed by atoms with Crippen LogP contribution in [0.1, 0.15) is 17.5 Å². The Labute approximate surface area is 113 Å². The van der Waals surface area contributed by atoms with Gasteiger partial charge in [-0.3, -0.25) is 0 Å². The Balaban J connectivity index is 0.00000144. The number of aryl methyl sites for hydroxylation is 1. The molecule has 17 heavy (non-hydrogen) atoms. The summed E-state index contributed by atoms with van der Waals surface area (Å²) in [4.78, 5) is 4.60. The highest BCUT2D eigenvalue weighted by Crippen LogP contribution is 2.22. The van der Waals surface area contributed by atoms with Crippen molar-refractivity contribution < 1.29 is 0 Å². The molecule has 0 fully saturated rings. The molecule has 2 aromatic rings. The van der Waals surface area contributed by atoms with Crippen LogP contribution < -0.4 is 5.32 Å². The predicted octanol–water partition coefficient (Wildman–Crippen LogP) is 3.65. The molecule has 0 bridgehead atoms. The Hall–Kier alpha value is -0.900.